The van der Waals surface area contributed by atoms with Gasteiger partial charge in [0, 0.05) is 12.8 Å². The highest BCUT2D eigenvalue weighted by Crippen LogP contribution is 2.36. The first-order valence-electron chi connectivity index (χ1n) is 19.0. The Bertz CT molecular complexity index is 766. The first-order valence-corrected chi connectivity index (χ1v) is 20.5. The van der Waals surface area contributed by atoms with Gasteiger partial charge in [0.05, 0.1) is 6.61 Å². The maximum atomic E-state index is 12.3. The number of hydrogen-bond acceptors (Lipinski definition) is 6. The minimum absolute atomic E-state index is 0.133. The highest BCUT2D eigenvalue weighted by Gasteiger charge is 2.22. The van der Waals surface area contributed by atoms with Crippen molar-refractivity contribution in [2.45, 2.75) is 200 Å². The van der Waals surface area contributed by atoms with Crippen LogP contribution in [-0.2, 0) is 28.2 Å². The van der Waals surface area contributed by atoms with E-state index >= 15 is 0 Å². The molecule has 0 aliphatic heterocycles. The lowest BCUT2D eigenvalue weighted by Gasteiger charge is -2.18. The van der Waals surface area contributed by atoms with Gasteiger partial charge in [-0.1, -0.05) is 167 Å². The Balaban J connectivity index is 3.98. The van der Waals surface area contributed by atoms with Crippen molar-refractivity contribution in [2.24, 2.45) is 0 Å². The van der Waals surface area contributed by atoms with Crippen LogP contribution < -0.4 is 0 Å². The maximum Gasteiger partial charge on any atom is 0.469 e. The van der Waals surface area contributed by atoms with E-state index in [4.69, 9.17) is 19.3 Å². The number of allylic oxidation sites excluding steroid dienone is 2. The zero-order valence-electron chi connectivity index (χ0n) is 29.7. The summed E-state index contributed by atoms with van der Waals surface area (Å²) >= 11 is 0. The van der Waals surface area contributed by atoms with Crippen LogP contribution in [0.1, 0.15) is 194 Å². The van der Waals surface area contributed by atoms with Crippen molar-refractivity contribution >= 4 is 19.8 Å². The van der Waals surface area contributed by atoms with Gasteiger partial charge in [-0.25, -0.2) is 4.57 Å². The van der Waals surface area contributed by atoms with Crippen molar-refractivity contribution in [3.05, 3.63) is 12.2 Å². The van der Waals surface area contributed by atoms with E-state index in [9.17, 15) is 14.2 Å². The molecular formula is C37H71O8P. The molecule has 0 radical (unpaired) electrons. The second-order valence-corrected chi connectivity index (χ2v) is 14.1. The molecule has 0 bridgehead atoms. The van der Waals surface area contributed by atoms with E-state index in [1.165, 1.54) is 128 Å². The molecule has 46 heavy (non-hydrogen) atoms. The van der Waals surface area contributed by atoms with Crippen LogP contribution in [0.5, 0.6) is 0 Å². The zero-order valence-corrected chi connectivity index (χ0v) is 30.6. The topological polar surface area (TPSA) is 119 Å². The third kappa shape index (κ3) is 35.6. The van der Waals surface area contributed by atoms with E-state index < -0.39 is 32.5 Å². The predicted molar refractivity (Wildman–Crippen MR) is 189 cm³/mol. The molecule has 0 heterocycles. The fourth-order valence-electron chi connectivity index (χ4n) is 5.45. The molecule has 0 fully saturated rings. The van der Waals surface area contributed by atoms with Gasteiger partial charge in [0.1, 0.15) is 6.61 Å². The highest BCUT2D eigenvalue weighted by molar-refractivity contribution is 7.46. The Kier molecular flexibility index (Phi) is 32.8. The number of phosphoric acid groups is 1. The van der Waals surface area contributed by atoms with Crippen LogP contribution in [0.4, 0.5) is 0 Å². The van der Waals surface area contributed by atoms with Gasteiger partial charge in [-0.05, 0) is 25.7 Å². The summed E-state index contributed by atoms with van der Waals surface area (Å²) in [6.45, 7) is 3.65. The Hall–Kier alpha value is -1.21. The third-order valence-electron chi connectivity index (χ3n) is 8.30. The average Bonchev–Trinajstić information content (AvgIpc) is 3.02. The molecule has 0 aromatic rings. The van der Waals surface area contributed by atoms with E-state index in [1.807, 2.05) is 6.08 Å². The monoisotopic (exact) mass is 674 g/mol. The Labute approximate surface area is 282 Å². The fraction of sp³-hybridized carbons (Fsp3) is 0.892. The molecule has 0 aromatic heterocycles. The highest BCUT2D eigenvalue weighted by atomic mass is 31.2. The number of carbonyl (C=O) groups excluding carboxylic acids is 2. The first-order chi connectivity index (χ1) is 22.3. The number of carbonyl (C=O) groups is 2. The molecule has 2 N–H and O–H groups in total. The summed E-state index contributed by atoms with van der Waals surface area (Å²) in [6.07, 6.45) is 35.1. The number of hydrogen-bond donors (Lipinski definition) is 2. The number of phosphoric ester groups is 1. The van der Waals surface area contributed by atoms with Gasteiger partial charge in [0.15, 0.2) is 6.10 Å². The zero-order chi connectivity index (χ0) is 34.0. The normalized spacial score (nSPS) is 12.5. The average molecular weight is 675 g/mol. The quantitative estimate of drug-likeness (QED) is 0.0295. The van der Waals surface area contributed by atoms with Crippen molar-refractivity contribution in [2.75, 3.05) is 13.2 Å². The minimum atomic E-state index is -4.75. The number of rotatable bonds is 35. The number of ether oxygens (including phenoxy) is 2. The van der Waals surface area contributed by atoms with E-state index in [0.717, 1.165) is 32.1 Å². The molecule has 272 valence electrons. The van der Waals surface area contributed by atoms with Crippen molar-refractivity contribution in [3.8, 4) is 0 Å². The maximum absolute atomic E-state index is 12.3. The van der Waals surface area contributed by atoms with Gasteiger partial charge in [0.2, 0.25) is 0 Å². The van der Waals surface area contributed by atoms with Crippen LogP contribution in [0.3, 0.4) is 0 Å². The first kappa shape index (κ1) is 44.8. The second-order valence-electron chi connectivity index (χ2n) is 12.9. The van der Waals surface area contributed by atoms with Crippen LogP contribution in [-0.4, -0.2) is 41.0 Å². The molecule has 0 unspecified atom stereocenters. The molecule has 0 rings (SSSR count). The molecule has 9 heteroatoms. The predicted octanol–water partition coefficient (Wildman–Crippen LogP) is 11.1. The Morgan fingerprint density at radius 2 is 0.957 bits per heavy atom. The van der Waals surface area contributed by atoms with E-state index in [1.54, 1.807) is 0 Å². The molecule has 0 spiro atoms. The van der Waals surface area contributed by atoms with Gasteiger partial charge in [-0.15, -0.1) is 0 Å². The molecule has 0 aromatic carbocycles. The lowest BCUT2D eigenvalue weighted by Crippen LogP contribution is -2.29. The lowest BCUT2D eigenvalue weighted by molar-refractivity contribution is -0.161. The molecule has 0 aliphatic rings. The van der Waals surface area contributed by atoms with Crippen LogP contribution in [0.2, 0.25) is 0 Å². The summed E-state index contributed by atoms with van der Waals surface area (Å²) in [5, 5.41) is 0. The third-order valence-corrected chi connectivity index (χ3v) is 8.78. The van der Waals surface area contributed by atoms with Crippen molar-refractivity contribution in [3.63, 3.8) is 0 Å². The second kappa shape index (κ2) is 33.7. The number of esters is 2. The Morgan fingerprint density at radius 3 is 1.41 bits per heavy atom. The lowest BCUT2D eigenvalue weighted by atomic mass is 10.0. The molecule has 8 nitrogen and oxygen atoms in total. The van der Waals surface area contributed by atoms with Gasteiger partial charge < -0.3 is 19.3 Å². The summed E-state index contributed by atoms with van der Waals surface area (Å²) in [7, 11) is -4.75. The SMILES string of the molecule is CCCCCCCCCCCCC/C=C/CCC(=O)O[C@H](COC(=O)CCCCCCCCCCCCCCC)COP(=O)(O)O. The van der Waals surface area contributed by atoms with Crippen molar-refractivity contribution in [1.82, 2.24) is 0 Å². The summed E-state index contributed by atoms with van der Waals surface area (Å²) < 4.78 is 26.2. The van der Waals surface area contributed by atoms with Crippen molar-refractivity contribution < 1.29 is 37.9 Å². The van der Waals surface area contributed by atoms with E-state index in [2.05, 4.69) is 24.4 Å². The number of unbranched alkanes of at least 4 members (excludes halogenated alkanes) is 23. The largest absolute Gasteiger partial charge is 0.469 e. The smallest absolute Gasteiger partial charge is 0.462 e. The standard InChI is InChI=1S/C37H71O8P/c1-3-5-7-9-11-13-15-17-18-20-22-24-26-28-30-32-37(39)45-35(34-44-46(40,41)42)33-43-36(38)31-29-27-25-23-21-19-16-14-12-10-8-6-4-2/h26,28,35H,3-25,27,29-34H2,1-2H3,(H2,40,41,42)/b28-26+/t35-/m1/s1. The van der Waals surface area contributed by atoms with Crippen LogP contribution >= 0.6 is 7.82 Å². The van der Waals surface area contributed by atoms with E-state index in [-0.39, 0.29) is 19.4 Å². The van der Waals surface area contributed by atoms with Gasteiger partial charge in [-0.3, -0.25) is 14.1 Å². The molecule has 0 amide bonds. The summed E-state index contributed by atoms with van der Waals surface area (Å²) in [5.74, 6) is -0.933. The van der Waals surface area contributed by atoms with Crippen LogP contribution in [0.15, 0.2) is 12.2 Å². The molecule has 1 atom stereocenters. The molecule has 0 aliphatic carbocycles. The fourth-order valence-corrected chi connectivity index (χ4v) is 5.81. The van der Waals surface area contributed by atoms with Gasteiger partial charge in [0.25, 0.3) is 0 Å². The molecule has 0 saturated heterocycles. The van der Waals surface area contributed by atoms with Gasteiger partial charge in [-0.2, -0.15) is 0 Å². The van der Waals surface area contributed by atoms with Gasteiger partial charge >= 0.3 is 19.8 Å². The molecular weight excluding hydrogens is 603 g/mol. The molecule has 0 saturated carbocycles. The summed E-state index contributed by atoms with van der Waals surface area (Å²) in [6, 6.07) is 0. The van der Waals surface area contributed by atoms with Crippen LogP contribution in [0, 0.1) is 0 Å². The summed E-state index contributed by atoms with van der Waals surface area (Å²) in [4.78, 5) is 42.6. The summed E-state index contributed by atoms with van der Waals surface area (Å²) in [5.41, 5.74) is 0. The minimum Gasteiger partial charge on any atom is -0.462 e. The van der Waals surface area contributed by atoms with E-state index in [0.29, 0.717) is 6.42 Å². The Morgan fingerprint density at radius 1 is 0.543 bits per heavy atom. The van der Waals surface area contributed by atoms with Crippen LogP contribution in [0.25, 0.3) is 0 Å². The van der Waals surface area contributed by atoms with Crippen molar-refractivity contribution in [1.29, 1.82) is 0 Å².